The van der Waals surface area contributed by atoms with Gasteiger partial charge in [-0.15, -0.1) is 11.8 Å². The molecular formula is C12H13F2NO2S. The summed E-state index contributed by atoms with van der Waals surface area (Å²) >= 11 is 1.04. The van der Waals surface area contributed by atoms with Crippen LogP contribution in [0.25, 0.3) is 0 Å². The molecule has 0 saturated carbocycles. The van der Waals surface area contributed by atoms with E-state index >= 15 is 0 Å². The van der Waals surface area contributed by atoms with Crippen LogP contribution in [0.15, 0.2) is 30.3 Å². The highest BCUT2D eigenvalue weighted by Crippen LogP contribution is 2.39. The van der Waals surface area contributed by atoms with E-state index in [1.807, 2.05) is 0 Å². The van der Waals surface area contributed by atoms with Crippen LogP contribution in [-0.2, 0) is 4.74 Å². The predicted octanol–water partition coefficient (Wildman–Crippen LogP) is 1.92. The number of halogens is 2. The summed E-state index contributed by atoms with van der Waals surface area (Å²) in [6, 6.07) is 7.12. The maximum atomic E-state index is 13.5. The maximum Gasteiger partial charge on any atom is 0.338 e. The number of alkyl halides is 2. The summed E-state index contributed by atoms with van der Waals surface area (Å²) in [7, 11) is 0. The van der Waals surface area contributed by atoms with Crippen molar-refractivity contribution in [3.63, 3.8) is 0 Å². The first-order valence-electron chi connectivity index (χ1n) is 5.49. The average Bonchev–Trinajstić information content (AvgIpc) is 2.63. The molecule has 6 heteroatoms. The van der Waals surface area contributed by atoms with E-state index in [-0.39, 0.29) is 12.4 Å². The predicted molar refractivity (Wildman–Crippen MR) is 65.9 cm³/mol. The average molecular weight is 273 g/mol. The van der Waals surface area contributed by atoms with Crippen LogP contribution in [0.4, 0.5) is 8.78 Å². The number of thioether (sulfide) groups is 1. The molecule has 2 atom stereocenters. The summed E-state index contributed by atoms with van der Waals surface area (Å²) in [6.45, 7) is -0.320. The van der Waals surface area contributed by atoms with Crippen molar-refractivity contribution in [2.45, 2.75) is 17.2 Å². The number of rotatable bonds is 3. The number of nitrogens with two attached hydrogens (primary N) is 1. The molecule has 98 valence electrons. The molecule has 0 spiro atoms. The maximum absolute atomic E-state index is 13.5. The zero-order chi connectivity index (χ0) is 13.2. The SMILES string of the molecule is N[C@H]1CS[C@H](COC(=O)c2ccccc2)C1(F)F. The molecular weight excluding hydrogens is 260 g/mol. The van der Waals surface area contributed by atoms with E-state index in [4.69, 9.17) is 10.5 Å². The van der Waals surface area contributed by atoms with Gasteiger partial charge in [0.25, 0.3) is 5.92 Å². The van der Waals surface area contributed by atoms with Crippen molar-refractivity contribution < 1.29 is 18.3 Å². The van der Waals surface area contributed by atoms with E-state index in [2.05, 4.69) is 0 Å². The lowest BCUT2D eigenvalue weighted by atomic mass is 10.1. The second-order valence-electron chi connectivity index (χ2n) is 4.07. The van der Waals surface area contributed by atoms with Crippen LogP contribution in [0.2, 0.25) is 0 Å². The number of ether oxygens (including phenoxy) is 1. The van der Waals surface area contributed by atoms with Crippen molar-refractivity contribution in [1.29, 1.82) is 0 Å². The molecule has 1 aromatic carbocycles. The number of carbonyl (C=O) groups is 1. The summed E-state index contributed by atoms with van der Waals surface area (Å²) in [5.74, 6) is -3.39. The molecule has 2 N–H and O–H groups in total. The van der Waals surface area contributed by atoms with Gasteiger partial charge in [-0.25, -0.2) is 13.6 Å². The Morgan fingerprint density at radius 1 is 1.44 bits per heavy atom. The standard InChI is InChI=1S/C12H13F2NO2S/c13-12(14)9(15)7-18-10(12)6-17-11(16)8-4-2-1-3-5-8/h1-5,9-10H,6-7,15H2/t9-,10+/m0/s1. The van der Waals surface area contributed by atoms with Crippen LogP contribution in [0.5, 0.6) is 0 Å². The lowest BCUT2D eigenvalue weighted by Crippen LogP contribution is -2.45. The summed E-state index contributed by atoms with van der Waals surface area (Å²) in [5.41, 5.74) is 5.66. The molecule has 0 unspecified atom stereocenters. The number of benzene rings is 1. The van der Waals surface area contributed by atoms with Gasteiger partial charge in [-0.1, -0.05) is 18.2 Å². The molecule has 1 saturated heterocycles. The Kier molecular flexibility index (Phi) is 3.87. The second-order valence-corrected chi connectivity index (χ2v) is 5.30. The monoisotopic (exact) mass is 273 g/mol. The molecule has 18 heavy (non-hydrogen) atoms. The molecule has 0 aromatic heterocycles. The van der Waals surface area contributed by atoms with Crippen LogP contribution < -0.4 is 5.73 Å². The summed E-state index contributed by atoms with van der Waals surface area (Å²) in [6.07, 6.45) is 0. The van der Waals surface area contributed by atoms with Crippen molar-refractivity contribution in [2.24, 2.45) is 5.73 Å². The summed E-state index contributed by atoms with van der Waals surface area (Å²) < 4.78 is 31.9. The number of hydrogen-bond donors (Lipinski definition) is 1. The van der Waals surface area contributed by atoms with Crippen molar-refractivity contribution in [2.75, 3.05) is 12.4 Å². The van der Waals surface area contributed by atoms with E-state index in [0.29, 0.717) is 5.56 Å². The lowest BCUT2D eigenvalue weighted by molar-refractivity contribution is -0.0288. The van der Waals surface area contributed by atoms with Gasteiger partial charge in [0, 0.05) is 5.75 Å². The van der Waals surface area contributed by atoms with Crippen LogP contribution in [0, 0.1) is 0 Å². The van der Waals surface area contributed by atoms with Crippen molar-refractivity contribution in [3.05, 3.63) is 35.9 Å². The fourth-order valence-corrected chi connectivity index (χ4v) is 2.87. The van der Waals surface area contributed by atoms with Crippen molar-refractivity contribution >= 4 is 17.7 Å². The zero-order valence-electron chi connectivity index (χ0n) is 9.51. The second kappa shape index (κ2) is 5.24. The molecule has 2 rings (SSSR count). The van der Waals surface area contributed by atoms with Crippen LogP contribution in [0.1, 0.15) is 10.4 Å². The Morgan fingerprint density at radius 3 is 2.67 bits per heavy atom. The van der Waals surface area contributed by atoms with Crippen LogP contribution >= 0.6 is 11.8 Å². The van der Waals surface area contributed by atoms with Gasteiger partial charge in [0.05, 0.1) is 11.6 Å². The number of carbonyl (C=O) groups excluding carboxylic acids is 1. The third-order valence-electron chi connectivity index (χ3n) is 2.78. The normalized spacial score (nSPS) is 25.9. The molecule has 0 bridgehead atoms. The van der Waals surface area contributed by atoms with Crippen molar-refractivity contribution in [1.82, 2.24) is 0 Å². The fraction of sp³-hybridized carbons (Fsp3) is 0.417. The van der Waals surface area contributed by atoms with Gasteiger partial charge >= 0.3 is 5.97 Å². The smallest absolute Gasteiger partial charge is 0.338 e. The third-order valence-corrected chi connectivity index (χ3v) is 4.18. The molecule has 1 aliphatic heterocycles. The Morgan fingerprint density at radius 2 is 2.11 bits per heavy atom. The van der Waals surface area contributed by atoms with Gasteiger partial charge in [0.2, 0.25) is 0 Å². The van der Waals surface area contributed by atoms with Gasteiger partial charge in [-0.2, -0.15) is 0 Å². The molecule has 1 fully saturated rings. The Labute approximate surface area is 108 Å². The Bertz CT molecular complexity index is 427. The summed E-state index contributed by atoms with van der Waals surface area (Å²) in [5, 5.41) is -1.06. The van der Waals surface area contributed by atoms with Crippen molar-refractivity contribution in [3.8, 4) is 0 Å². The molecule has 1 heterocycles. The first kappa shape index (κ1) is 13.3. The fourth-order valence-electron chi connectivity index (χ4n) is 1.65. The largest absolute Gasteiger partial charge is 0.461 e. The van der Waals surface area contributed by atoms with Gasteiger partial charge in [-0.3, -0.25) is 0 Å². The minimum Gasteiger partial charge on any atom is -0.461 e. The minimum atomic E-state index is -2.98. The third kappa shape index (κ3) is 2.64. The first-order valence-corrected chi connectivity index (χ1v) is 6.54. The van der Waals surface area contributed by atoms with Gasteiger partial charge in [0.1, 0.15) is 11.9 Å². The molecule has 1 aliphatic rings. The van der Waals surface area contributed by atoms with Gasteiger partial charge < -0.3 is 10.5 Å². The Balaban J connectivity index is 1.91. The van der Waals surface area contributed by atoms with E-state index < -0.39 is 23.2 Å². The van der Waals surface area contributed by atoms with Gasteiger partial charge in [-0.05, 0) is 12.1 Å². The highest BCUT2D eigenvalue weighted by Gasteiger charge is 2.51. The molecule has 3 nitrogen and oxygen atoms in total. The van der Waals surface area contributed by atoms with Gasteiger partial charge in [0.15, 0.2) is 0 Å². The lowest BCUT2D eigenvalue weighted by Gasteiger charge is -2.20. The molecule has 0 radical (unpaired) electrons. The number of esters is 1. The zero-order valence-corrected chi connectivity index (χ0v) is 10.3. The topological polar surface area (TPSA) is 52.3 Å². The highest BCUT2D eigenvalue weighted by molar-refractivity contribution is 8.00. The van der Waals surface area contributed by atoms with E-state index in [0.717, 1.165) is 11.8 Å². The van der Waals surface area contributed by atoms with E-state index in [1.54, 1.807) is 30.3 Å². The first-order chi connectivity index (χ1) is 8.51. The molecule has 0 amide bonds. The molecule has 0 aliphatic carbocycles. The quantitative estimate of drug-likeness (QED) is 0.855. The van der Waals surface area contributed by atoms with E-state index in [1.165, 1.54) is 0 Å². The number of hydrogen-bond acceptors (Lipinski definition) is 4. The molecule has 1 aromatic rings. The van der Waals surface area contributed by atoms with Crippen LogP contribution in [0.3, 0.4) is 0 Å². The Hall–Kier alpha value is -1.14. The van der Waals surface area contributed by atoms with Crippen LogP contribution in [-0.4, -0.2) is 35.5 Å². The highest BCUT2D eigenvalue weighted by atomic mass is 32.2. The minimum absolute atomic E-state index is 0.181. The summed E-state index contributed by atoms with van der Waals surface area (Å²) in [4.78, 5) is 11.6. The van der Waals surface area contributed by atoms with E-state index in [9.17, 15) is 13.6 Å².